The topological polar surface area (TPSA) is 55.1 Å². The van der Waals surface area contributed by atoms with Crippen LogP contribution in [0.4, 0.5) is 0 Å². The van der Waals surface area contributed by atoms with Gasteiger partial charge in [0.2, 0.25) is 0 Å². The van der Waals surface area contributed by atoms with Crippen LogP contribution in [0.5, 0.6) is 0 Å². The summed E-state index contributed by atoms with van der Waals surface area (Å²) in [5.41, 5.74) is 2.59. The van der Waals surface area contributed by atoms with Gasteiger partial charge in [0.05, 0.1) is 31.5 Å². The molecule has 18 heavy (non-hydrogen) atoms. The molecule has 0 N–H and O–H groups in total. The van der Waals surface area contributed by atoms with Crippen LogP contribution in [0.3, 0.4) is 0 Å². The van der Waals surface area contributed by atoms with E-state index in [2.05, 4.69) is 11.1 Å². The minimum absolute atomic E-state index is 0.0953. The third-order valence-corrected chi connectivity index (χ3v) is 3.82. The standard InChI is InChI=1S/C13H16N2O2S/c1-9-5-10(2)15-13(12(9)6-14)18-8-11-7-16-3-4-17-11/h5,11H,3-4,7-8H2,1-2H3/t11-/m0/s1. The molecule has 1 aliphatic heterocycles. The van der Waals surface area contributed by atoms with Gasteiger partial charge in [0.15, 0.2) is 0 Å². The first kappa shape index (κ1) is 13.3. The lowest BCUT2D eigenvalue weighted by molar-refractivity contribution is -0.0776. The van der Waals surface area contributed by atoms with Gasteiger partial charge in [-0.25, -0.2) is 4.98 Å². The van der Waals surface area contributed by atoms with Crippen LogP contribution in [0.25, 0.3) is 0 Å². The molecule has 1 aromatic rings. The molecule has 0 aliphatic carbocycles. The Bertz CT molecular complexity index is 465. The molecule has 1 fully saturated rings. The Kier molecular flexibility index (Phi) is 4.59. The van der Waals surface area contributed by atoms with Crippen LogP contribution in [0.1, 0.15) is 16.8 Å². The summed E-state index contributed by atoms with van der Waals surface area (Å²) in [6.07, 6.45) is 0.0953. The van der Waals surface area contributed by atoms with Crippen LogP contribution in [-0.4, -0.2) is 36.7 Å². The Labute approximate surface area is 111 Å². The number of nitriles is 1. The van der Waals surface area contributed by atoms with Crippen LogP contribution in [0, 0.1) is 25.2 Å². The minimum atomic E-state index is 0.0953. The summed E-state index contributed by atoms with van der Waals surface area (Å²) in [6, 6.07) is 4.16. The molecule has 0 saturated carbocycles. The molecule has 0 radical (unpaired) electrons. The van der Waals surface area contributed by atoms with Crippen molar-refractivity contribution in [3.8, 4) is 6.07 Å². The molecule has 5 heteroatoms. The largest absolute Gasteiger partial charge is 0.376 e. The summed E-state index contributed by atoms with van der Waals surface area (Å²) in [6.45, 7) is 5.83. The lowest BCUT2D eigenvalue weighted by Gasteiger charge is -2.22. The zero-order valence-corrected chi connectivity index (χ0v) is 11.4. The summed E-state index contributed by atoms with van der Waals surface area (Å²) in [5, 5.41) is 9.96. The van der Waals surface area contributed by atoms with E-state index in [1.165, 1.54) is 0 Å². The maximum absolute atomic E-state index is 9.17. The first-order chi connectivity index (χ1) is 8.70. The maximum Gasteiger partial charge on any atom is 0.114 e. The second-order valence-corrected chi connectivity index (χ2v) is 5.26. The number of pyridine rings is 1. The monoisotopic (exact) mass is 264 g/mol. The first-order valence-corrected chi connectivity index (χ1v) is 6.89. The van der Waals surface area contributed by atoms with Crippen molar-refractivity contribution in [1.82, 2.24) is 4.98 Å². The predicted molar refractivity (Wildman–Crippen MR) is 69.7 cm³/mol. The van der Waals surface area contributed by atoms with Crippen molar-refractivity contribution in [3.05, 3.63) is 22.9 Å². The van der Waals surface area contributed by atoms with Crippen molar-refractivity contribution >= 4 is 11.8 Å². The van der Waals surface area contributed by atoms with Crippen molar-refractivity contribution in [2.45, 2.75) is 25.0 Å². The van der Waals surface area contributed by atoms with E-state index in [-0.39, 0.29) is 6.10 Å². The number of aryl methyl sites for hydroxylation is 2. The third kappa shape index (κ3) is 3.22. The van der Waals surface area contributed by atoms with Gasteiger partial charge in [-0.05, 0) is 25.5 Å². The number of nitrogens with zero attached hydrogens (tertiary/aromatic N) is 2. The lowest BCUT2D eigenvalue weighted by Crippen LogP contribution is -2.30. The van der Waals surface area contributed by atoms with Crippen LogP contribution >= 0.6 is 11.8 Å². The fraction of sp³-hybridized carbons (Fsp3) is 0.538. The number of thioether (sulfide) groups is 1. The second kappa shape index (κ2) is 6.19. The van der Waals surface area contributed by atoms with Gasteiger partial charge in [0, 0.05) is 11.4 Å². The van der Waals surface area contributed by atoms with E-state index < -0.39 is 0 Å². The van der Waals surface area contributed by atoms with Gasteiger partial charge in [0.1, 0.15) is 11.1 Å². The molecular weight excluding hydrogens is 248 g/mol. The van der Waals surface area contributed by atoms with E-state index in [0.717, 1.165) is 22.0 Å². The van der Waals surface area contributed by atoms with Gasteiger partial charge in [-0.2, -0.15) is 5.26 Å². The molecule has 96 valence electrons. The number of rotatable bonds is 3. The van der Waals surface area contributed by atoms with Gasteiger partial charge in [0.25, 0.3) is 0 Å². The molecular formula is C13H16N2O2S. The summed E-state index contributed by atoms with van der Waals surface area (Å²) < 4.78 is 10.9. The first-order valence-electron chi connectivity index (χ1n) is 5.91. The Morgan fingerprint density at radius 3 is 3.00 bits per heavy atom. The highest BCUT2D eigenvalue weighted by Gasteiger charge is 2.17. The molecule has 1 aliphatic rings. The average molecular weight is 264 g/mol. The second-order valence-electron chi connectivity index (χ2n) is 4.25. The molecule has 4 nitrogen and oxygen atoms in total. The molecule has 0 unspecified atom stereocenters. The lowest BCUT2D eigenvalue weighted by atomic mass is 10.1. The normalized spacial score (nSPS) is 19.5. The summed E-state index contributed by atoms with van der Waals surface area (Å²) >= 11 is 1.57. The van der Waals surface area contributed by atoms with Crippen LogP contribution < -0.4 is 0 Å². The molecule has 1 saturated heterocycles. The van der Waals surface area contributed by atoms with E-state index in [4.69, 9.17) is 14.7 Å². The molecule has 2 rings (SSSR count). The highest BCUT2D eigenvalue weighted by atomic mass is 32.2. The summed E-state index contributed by atoms with van der Waals surface area (Å²) in [7, 11) is 0. The van der Waals surface area contributed by atoms with Crippen molar-refractivity contribution in [2.24, 2.45) is 0 Å². The smallest absolute Gasteiger partial charge is 0.114 e. The number of ether oxygens (including phenoxy) is 2. The fourth-order valence-corrected chi connectivity index (χ4v) is 2.94. The van der Waals surface area contributed by atoms with Crippen molar-refractivity contribution in [1.29, 1.82) is 5.26 Å². The predicted octanol–water partition coefficient (Wildman–Crippen LogP) is 2.08. The highest BCUT2D eigenvalue weighted by Crippen LogP contribution is 2.25. The fourth-order valence-electron chi connectivity index (χ4n) is 1.85. The molecule has 0 spiro atoms. The Morgan fingerprint density at radius 2 is 2.33 bits per heavy atom. The Hall–Kier alpha value is -1.09. The van der Waals surface area contributed by atoms with Crippen LogP contribution in [-0.2, 0) is 9.47 Å². The Morgan fingerprint density at radius 1 is 1.50 bits per heavy atom. The van der Waals surface area contributed by atoms with E-state index >= 15 is 0 Å². The van der Waals surface area contributed by atoms with E-state index in [9.17, 15) is 0 Å². The van der Waals surface area contributed by atoms with Crippen molar-refractivity contribution in [2.75, 3.05) is 25.6 Å². The number of hydrogen-bond acceptors (Lipinski definition) is 5. The van der Waals surface area contributed by atoms with Crippen molar-refractivity contribution < 1.29 is 9.47 Å². The zero-order valence-electron chi connectivity index (χ0n) is 10.6. The molecule has 2 heterocycles. The van der Waals surface area contributed by atoms with Crippen LogP contribution in [0.2, 0.25) is 0 Å². The zero-order chi connectivity index (χ0) is 13.0. The molecule has 0 bridgehead atoms. The number of hydrogen-bond donors (Lipinski definition) is 0. The van der Waals surface area contributed by atoms with Crippen molar-refractivity contribution in [3.63, 3.8) is 0 Å². The van der Waals surface area contributed by atoms with Gasteiger partial charge in [-0.1, -0.05) is 0 Å². The van der Waals surface area contributed by atoms with E-state index in [1.807, 2.05) is 19.9 Å². The van der Waals surface area contributed by atoms with Gasteiger partial charge in [-0.15, -0.1) is 11.8 Å². The molecule has 1 aromatic heterocycles. The van der Waals surface area contributed by atoms with E-state index in [0.29, 0.717) is 25.4 Å². The average Bonchev–Trinajstić information content (AvgIpc) is 2.37. The van der Waals surface area contributed by atoms with Gasteiger partial charge in [-0.3, -0.25) is 0 Å². The van der Waals surface area contributed by atoms with Gasteiger partial charge < -0.3 is 9.47 Å². The molecule has 1 atom stereocenters. The third-order valence-electron chi connectivity index (χ3n) is 2.71. The highest BCUT2D eigenvalue weighted by molar-refractivity contribution is 7.99. The number of aromatic nitrogens is 1. The SMILES string of the molecule is Cc1cc(C)c(C#N)c(SC[C@@H]2COCCO2)n1. The Balaban J connectivity index is 2.06. The van der Waals surface area contributed by atoms with Crippen LogP contribution in [0.15, 0.2) is 11.1 Å². The molecule has 0 aromatic carbocycles. The maximum atomic E-state index is 9.17. The quantitative estimate of drug-likeness (QED) is 0.782. The summed E-state index contributed by atoms with van der Waals surface area (Å²) in [4.78, 5) is 4.43. The van der Waals surface area contributed by atoms with E-state index in [1.54, 1.807) is 11.8 Å². The molecule has 0 amide bonds. The summed E-state index contributed by atoms with van der Waals surface area (Å²) in [5.74, 6) is 0.768. The van der Waals surface area contributed by atoms with Gasteiger partial charge >= 0.3 is 0 Å². The minimum Gasteiger partial charge on any atom is -0.376 e.